The predicted molar refractivity (Wildman–Crippen MR) is 180 cm³/mol. The van der Waals surface area contributed by atoms with Gasteiger partial charge in [-0.25, -0.2) is 0 Å². The van der Waals surface area contributed by atoms with Gasteiger partial charge in [-0.3, -0.25) is 29.5 Å². The summed E-state index contributed by atoms with van der Waals surface area (Å²) in [7, 11) is 3.05. The number of ether oxygens (including phenoxy) is 2. The van der Waals surface area contributed by atoms with Gasteiger partial charge in [-0.1, -0.05) is 47.0 Å². The number of allylic oxidation sites excluding steroid dienone is 3. The Morgan fingerprint density at radius 1 is 0.959 bits per heavy atom. The van der Waals surface area contributed by atoms with Crippen LogP contribution in [-0.2, 0) is 31.0 Å². The van der Waals surface area contributed by atoms with Crippen LogP contribution in [0.25, 0.3) is 0 Å². The summed E-state index contributed by atoms with van der Waals surface area (Å²) in [4.78, 5) is 58.2. The number of imide groups is 2. The predicted octanol–water partition coefficient (Wildman–Crippen LogP) is 5.67. The molecule has 2 N–H and O–H groups in total. The molecule has 8 rings (SSSR count). The molecule has 0 spiro atoms. The number of phenols is 1. The minimum atomic E-state index is -1.49. The van der Waals surface area contributed by atoms with Gasteiger partial charge >= 0.3 is 0 Å². The van der Waals surface area contributed by atoms with Gasteiger partial charge in [0, 0.05) is 30.0 Å². The van der Waals surface area contributed by atoms with Crippen molar-refractivity contribution in [3.8, 4) is 17.2 Å². The quantitative estimate of drug-likeness (QED) is 0.258. The number of benzene rings is 3. The van der Waals surface area contributed by atoms with E-state index in [2.05, 4.69) is 5.43 Å². The largest absolute Gasteiger partial charge is 0.508 e. The van der Waals surface area contributed by atoms with Crippen molar-refractivity contribution in [3.05, 3.63) is 105 Å². The van der Waals surface area contributed by atoms with Crippen molar-refractivity contribution in [1.82, 2.24) is 9.91 Å². The Bertz CT molecular complexity index is 2030. The molecular formula is C37H31Cl2N3O7. The van der Waals surface area contributed by atoms with Crippen LogP contribution in [0.15, 0.2) is 84.1 Å². The maximum absolute atomic E-state index is 15.3. The van der Waals surface area contributed by atoms with Crippen molar-refractivity contribution >= 4 is 52.5 Å². The molecule has 250 valence electrons. The molecule has 6 atom stereocenters. The summed E-state index contributed by atoms with van der Waals surface area (Å²) in [6.07, 6.45) is 4.40. The number of fused-ring (bicyclic) bond motifs is 5. The highest BCUT2D eigenvalue weighted by Crippen LogP contribution is 2.63. The number of rotatable bonds is 5. The van der Waals surface area contributed by atoms with Crippen LogP contribution in [0, 0.1) is 29.6 Å². The van der Waals surface area contributed by atoms with Crippen LogP contribution < -0.4 is 14.9 Å². The van der Waals surface area contributed by atoms with E-state index >= 15 is 4.79 Å². The first-order chi connectivity index (χ1) is 23.5. The molecule has 3 aromatic carbocycles. The van der Waals surface area contributed by atoms with Gasteiger partial charge in [0.05, 0.1) is 47.3 Å². The number of carbonyl (C=O) groups excluding carboxylic acids is 4. The lowest BCUT2D eigenvalue weighted by molar-refractivity contribution is -0.140. The molecule has 0 aromatic heterocycles. The van der Waals surface area contributed by atoms with Gasteiger partial charge in [0.1, 0.15) is 17.2 Å². The van der Waals surface area contributed by atoms with Gasteiger partial charge in [-0.2, -0.15) is 5.01 Å². The van der Waals surface area contributed by atoms with E-state index in [4.69, 9.17) is 32.7 Å². The van der Waals surface area contributed by atoms with Crippen LogP contribution in [0.5, 0.6) is 17.2 Å². The Balaban J connectivity index is 1.35. The SMILES string of the molecule is COc1ccc(C23C(=O)N(Nc4ccc(Cl)cc4Cl)C(=O)C2CC2C(=CCC4C(=O)N(C)C(=O)C42)C3C2=COc3ccc(O)cc3C2)cc1. The average molecular weight is 701 g/mol. The maximum Gasteiger partial charge on any atom is 0.260 e. The first kappa shape index (κ1) is 31.5. The topological polar surface area (TPSA) is 125 Å². The van der Waals surface area contributed by atoms with E-state index in [0.717, 1.165) is 10.6 Å². The number of nitrogens with zero attached hydrogens (tertiary/aromatic N) is 2. The van der Waals surface area contributed by atoms with Crippen molar-refractivity contribution in [2.24, 2.45) is 29.6 Å². The van der Waals surface area contributed by atoms with E-state index in [0.29, 0.717) is 51.8 Å². The number of hydrazine groups is 1. The Hall–Kier alpha value is -4.80. The highest BCUT2D eigenvalue weighted by atomic mass is 35.5. The van der Waals surface area contributed by atoms with E-state index in [1.54, 1.807) is 61.9 Å². The number of nitrogens with one attached hydrogen (secondary N) is 1. The number of halogens is 2. The number of hydrogen-bond acceptors (Lipinski definition) is 8. The highest BCUT2D eigenvalue weighted by Gasteiger charge is 2.70. The third-order valence-corrected chi connectivity index (χ3v) is 11.5. The van der Waals surface area contributed by atoms with E-state index in [9.17, 15) is 19.5 Å². The summed E-state index contributed by atoms with van der Waals surface area (Å²) in [5, 5.41) is 12.0. The molecule has 3 heterocycles. The Morgan fingerprint density at radius 2 is 1.73 bits per heavy atom. The molecule has 2 aliphatic carbocycles. The zero-order chi connectivity index (χ0) is 34.4. The van der Waals surface area contributed by atoms with E-state index in [1.165, 1.54) is 24.1 Å². The summed E-state index contributed by atoms with van der Waals surface area (Å²) in [5.74, 6) is -3.74. The zero-order valence-corrected chi connectivity index (χ0v) is 28.0. The molecule has 4 amide bonds. The minimum Gasteiger partial charge on any atom is -0.508 e. The molecule has 3 aromatic rings. The number of anilines is 1. The number of phenolic OH excluding ortho intramolecular Hbond substituents is 1. The van der Waals surface area contributed by atoms with Crippen LogP contribution in [0.2, 0.25) is 10.0 Å². The van der Waals surface area contributed by atoms with Gasteiger partial charge in [0.2, 0.25) is 11.8 Å². The van der Waals surface area contributed by atoms with Crippen molar-refractivity contribution in [2.75, 3.05) is 19.6 Å². The lowest BCUT2D eigenvalue weighted by Crippen LogP contribution is -2.55. The van der Waals surface area contributed by atoms with Crippen molar-refractivity contribution in [3.63, 3.8) is 0 Å². The van der Waals surface area contributed by atoms with E-state index in [1.807, 2.05) is 6.08 Å². The molecule has 12 heteroatoms. The Kier molecular flexibility index (Phi) is 7.31. The second-order valence-electron chi connectivity index (χ2n) is 13.2. The third kappa shape index (κ3) is 4.53. The molecule has 10 nitrogen and oxygen atoms in total. The fraction of sp³-hybridized carbons (Fsp3) is 0.297. The summed E-state index contributed by atoms with van der Waals surface area (Å²) < 4.78 is 11.6. The van der Waals surface area contributed by atoms with E-state index < -0.39 is 46.8 Å². The van der Waals surface area contributed by atoms with Crippen molar-refractivity contribution in [1.29, 1.82) is 0 Å². The fourth-order valence-electron chi connectivity index (χ4n) is 8.82. The normalized spacial score (nSPS) is 28.6. The molecule has 1 saturated carbocycles. The van der Waals surface area contributed by atoms with Crippen LogP contribution in [0.3, 0.4) is 0 Å². The highest BCUT2D eigenvalue weighted by molar-refractivity contribution is 6.36. The van der Waals surface area contributed by atoms with Gasteiger partial charge in [0.25, 0.3) is 11.8 Å². The van der Waals surface area contributed by atoms with Crippen LogP contribution >= 0.6 is 23.2 Å². The molecular weight excluding hydrogens is 669 g/mol. The summed E-state index contributed by atoms with van der Waals surface area (Å²) in [5.41, 5.74) is 4.62. The average Bonchev–Trinajstić information content (AvgIpc) is 3.45. The summed E-state index contributed by atoms with van der Waals surface area (Å²) >= 11 is 12.7. The van der Waals surface area contributed by atoms with Crippen LogP contribution in [0.1, 0.15) is 24.0 Å². The molecule has 3 fully saturated rings. The first-order valence-electron chi connectivity index (χ1n) is 16.0. The second kappa shape index (κ2) is 11.4. The van der Waals surface area contributed by atoms with Crippen LogP contribution in [0.4, 0.5) is 5.69 Å². The van der Waals surface area contributed by atoms with Crippen molar-refractivity contribution < 1.29 is 33.8 Å². The minimum absolute atomic E-state index is 0.0630. The number of carbonyl (C=O) groups is 4. The van der Waals surface area contributed by atoms with Crippen LogP contribution in [-0.4, -0.2) is 52.8 Å². The smallest absolute Gasteiger partial charge is 0.260 e. The number of likely N-dealkylation sites (tertiary alicyclic amines) is 1. The van der Waals surface area contributed by atoms with Gasteiger partial charge in [-0.15, -0.1) is 0 Å². The Morgan fingerprint density at radius 3 is 2.47 bits per heavy atom. The number of amides is 4. The fourth-order valence-corrected chi connectivity index (χ4v) is 9.27. The van der Waals surface area contributed by atoms with Gasteiger partial charge in [-0.05, 0) is 78.4 Å². The number of methoxy groups -OCH3 is 1. The summed E-state index contributed by atoms with van der Waals surface area (Å²) in [6.45, 7) is 0. The monoisotopic (exact) mass is 699 g/mol. The standard InChI is InChI=1S/C37H31Cl2N3O7/c1-41-33(44)25-10-9-24-26(31(25)35(41)46)16-27-34(45)42(40-29-11-5-21(38)15-28(29)39)36(47)37(27,20-3-7-23(48-2)8-4-20)32(24)19-13-18-14-22(43)6-12-30(18)49-17-19/h3-9,11-12,14-15,17,25-27,31-32,40,43H,10,13,16H2,1-2H3. The third-order valence-electron chi connectivity index (χ3n) is 10.9. The molecule has 6 unspecified atom stereocenters. The number of aromatic hydroxyl groups is 1. The lowest BCUT2D eigenvalue weighted by atomic mass is 9.48. The van der Waals surface area contributed by atoms with Gasteiger partial charge in [0.15, 0.2) is 0 Å². The first-order valence-corrected chi connectivity index (χ1v) is 16.7. The lowest BCUT2D eigenvalue weighted by Gasteiger charge is -2.51. The summed E-state index contributed by atoms with van der Waals surface area (Å²) in [6, 6.07) is 16.7. The van der Waals surface area contributed by atoms with Gasteiger partial charge < -0.3 is 14.6 Å². The number of hydrogen-bond donors (Lipinski definition) is 2. The maximum atomic E-state index is 15.3. The molecule has 0 bridgehead atoms. The van der Waals surface area contributed by atoms with E-state index in [-0.39, 0.29) is 29.0 Å². The molecule has 0 radical (unpaired) electrons. The molecule has 49 heavy (non-hydrogen) atoms. The molecule has 3 aliphatic heterocycles. The zero-order valence-electron chi connectivity index (χ0n) is 26.5. The molecule has 5 aliphatic rings. The molecule has 2 saturated heterocycles. The van der Waals surface area contributed by atoms with Crippen molar-refractivity contribution in [2.45, 2.75) is 24.7 Å². The Labute approximate surface area is 291 Å². The second-order valence-corrected chi connectivity index (χ2v) is 14.1.